The van der Waals surface area contributed by atoms with Gasteiger partial charge in [-0.15, -0.1) is 0 Å². The average molecular weight is 661 g/mol. The van der Waals surface area contributed by atoms with Gasteiger partial charge in [-0.2, -0.15) is 0 Å². The number of benzene rings is 2. The predicted octanol–water partition coefficient (Wildman–Crippen LogP) is 5.26. The minimum Gasteiger partial charge on any atom is -0.494 e. The summed E-state index contributed by atoms with van der Waals surface area (Å²) in [6.07, 6.45) is 7.88. The Hall–Kier alpha value is -4.33. The number of aromatic nitrogens is 2. The number of piperidine rings is 1. The molecule has 2 aromatic carbocycles. The van der Waals surface area contributed by atoms with Gasteiger partial charge >= 0.3 is 0 Å². The minimum absolute atomic E-state index is 0.195. The van der Waals surface area contributed by atoms with Crippen LogP contribution in [0.2, 0.25) is 0 Å². The molecule has 1 atom stereocenters. The van der Waals surface area contributed by atoms with Crippen LogP contribution >= 0.6 is 0 Å². The Balaban J connectivity index is 1.09. The lowest BCUT2D eigenvalue weighted by Gasteiger charge is -2.43. The number of anilines is 5. The summed E-state index contributed by atoms with van der Waals surface area (Å²) in [5, 5.41) is 7.76. The van der Waals surface area contributed by atoms with Gasteiger partial charge in [-0.05, 0) is 43.9 Å². The molecule has 1 amide bonds. The molecule has 1 saturated carbocycles. The Morgan fingerprint density at radius 3 is 2.38 bits per heavy atom. The maximum Gasteiger partial charge on any atom is 0.247 e. The standard InChI is InChI=1S/C35H42F2N8O3/c1-3-34(46)41-27-19-28(40-32-21-33(39-22-38-32)45-29(11-18-48-45)25-5-4-6-26(36)35(25)37)31(47-2)20-30(27)44-12-9-24(10-13-44)43-16-14-42(15-17-43)23-7-8-23/h3-6,19-24,29H,1,7-18H2,2H3,(H,41,46)(H,38,39,40)/t29-/m1/s1. The SMILES string of the molecule is C=CC(=O)Nc1cc(Nc2cc(N3OCC[C@@H]3c3cccc(F)c3F)ncn2)c(OC)cc1N1CCC(N2CCN(C3CC3)CC2)CC1. The second-order valence-electron chi connectivity index (χ2n) is 12.8. The van der Waals surface area contributed by atoms with Gasteiger partial charge in [0.15, 0.2) is 17.5 Å². The van der Waals surface area contributed by atoms with Crippen LogP contribution in [0.5, 0.6) is 5.75 Å². The third kappa shape index (κ3) is 6.80. The number of hydrogen-bond donors (Lipinski definition) is 2. The third-order valence-electron chi connectivity index (χ3n) is 9.88. The Labute approximate surface area is 279 Å². The molecule has 0 spiro atoms. The maximum atomic E-state index is 14.7. The van der Waals surface area contributed by atoms with Crippen LogP contribution in [-0.2, 0) is 9.63 Å². The first-order valence-corrected chi connectivity index (χ1v) is 16.8. The molecular formula is C35H42F2N8O3. The van der Waals surface area contributed by atoms with Crippen molar-refractivity contribution in [1.29, 1.82) is 0 Å². The number of nitrogens with one attached hydrogen (secondary N) is 2. The van der Waals surface area contributed by atoms with Crippen LogP contribution < -0.4 is 25.3 Å². The molecule has 3 aromatic rings. The number of rotatable bonds is 10. The van der Waals surface area contributed by atoms with Crippen molar-refractivity contribution < 1.29 is 23.1 Å². The number of amides is 1. The summed E-state index contributed by atoms with van der Waals surface area (Å²) >= 11 is 0. The second-order valence-corrected chi connectivity index (χ2v) is 12.8. The summed E-state index contributed by atoms with van der Waals surface area (Å²) in [6.45, 7) is 10.3. The number of hydroxylamine groups is 1. The lowest BCUT2D eigenvalue weighted by Crippen LogP contribution is -2.53. The smallest absolute Gasteiger partial charge is 0.247 e. The Bertz CT molecular complexity index is 1640. The second kappa shape index (κ2) is 14.0. The highest BCUT2D eigenvalue weighted by atomic mass is 19.2. The fraction of sp³-hybridized carbons (Fsp3) is 0.457. The average Bonchev–Trinajstić information content (AvgIpc) is 3.86. The number of piperazine rings is 1. The van der Waals surface area contributed by atoms with Gasteiger partial charge in [-0.1, -0.05) is 18.7 Å². The molecular weight excluding hydrogens is 618 g/mol. The molecule has 4 heterocycles. The van der Waals surface area contributed by atoms with Crippen molar-refractivity contribution in [3.8, 4) is 5.75 Å². The van der Waals surface area contributed by atoms with Crippen molar-refractivity contribution in [1.82, 2.24) is 19.8 Å². The molecule has 4 fully saturated rings. The van der Waals surface area contributed by atoms with E-state index in [1.165, 1.54) is 49.5 Å². The van der Waals surface area contributed by atoms with Gasteiger partial charge in [0.2, 0.25) is 5.91 Å². The van der Waals surface area contributed by atoms with Crippen LogP contribution in [0.25, 0.3) is 0 Å². The number of carbonyl (C=O) groups excluding carboxylic acids is 1. The molecule has 7 rings (SSSR count). The first-order chi connectivity index (χ1) is 23.4. The minimum atomic E-state index is -0.911. The van der Waals surface area contributed by atoms with Crippen LogP contribution in [0, 0.1) is 11.6 Å². The van der Waals surface area contributed by atoms with Gasteiger partial charge in [-0.25, -0.2) is 23.8 Å². The van der Waals surface area contributed by atoms with E-state index in [0.29, 0.717) is 47.8 Å². The molecule has 2 N–H and O–H groups in total. The van der Waals surface area contributed by atoms with Crippen molar-refractivity contribution in [3.63, 3.8) is 0 Å². The summed E-state index contributed by atoms with van der Waals surface area (Å²) in [5.74, 6) is -0.764. The van der Waals surface area contributed by atoms with Gasteiger partial charge in [0.1, 0.15) is 17.9 Å². The van der Waals surface area contributed by atoms with Crippen molar-refractivity contribution >= 4 is 34.6 Å². The van der Waals surface area contributed by atoms with Crippen LogP contribution in [0.1, 0.15) is 43.7 Å². The van der Waals surface area contributed by atoms with E-state index in [4.69, 9.17) is 9.57 Å². The molecule has 11 nitrogen and oxygen atoms in total. The van der Waals surface area contributed by atoms with Gasteiger partial charge in [0, 0.05) is 75.5 Å². The van der Waals surface area contributed by atoms with E-state index in [0.717, 1.165) is 56.8 Å². The Morgan fingerprint density at radius 1 is 0.958 bits per heavy atom. The molecule has 3 saturated heterocycles. The summed E-state index contributed by atoms with van der Waals surface area (Å²) in [7, 11) is 1.60. The number of nitrogens with zero attached hydrogens (tertiary/aromatic N) is 6. The van der Waals surface area contributed by atoms with Crippen molar-refractivity contribution in [2.75, 3.05) is 73.6 Å². The normalized spacial score (nSPS) is 20.9. The lowest BCUT2D eigenvalue weighted by molar-refractivity contribution is -0.111. The highest BCUT2D eigenvalue weighted by Crippen LogP contribution is 2.41. The van der Waals surface area contributed by atoms with Crippen LogP contribution in [0.15, 0.2) is 55.4 Å². The predicted molar refractivity (Wildman–Crippen MR) is 181 cm³/mol. The fourth-order valence-electron chi connectivity index (χ4n) is 7.19. The molecule has 3 aliphatic heterocycles. The van der Waals surface area contributed by atoms with E-state index in [1.807, 2.05) is 12.1 Å². The third-order valence-corrected chi connectivity index (χ3v) is 9.88. The van der Waals surface area contributed by atoms with E-state index in [-0.39, 0.29) is 11.5 Å². The molecule has 13 heteroatoms. The van der Waals surface area contributed by atoms with Crippen molar-refractivity contribution in [3.05, 3.63) is 72.6 Å². The molecule has 1 aromatic heterocycles. The Kier molecular flexibility index (Phi) is 9.42. The van der Waals surface area contributed by atoms with E-state index >= 15 is 0 Å². The molecule has 254 valence electrons. The zero-order valence-corrected chi connectivity index (χ0v) is 27.2. The zero-order valence-electron chi connectivity index (χ0n) is 27.2. The first kappa shape index (κ1) is 32.2. The van der Waals surface area contributed by atoms with Gasteiger partial charge in [0.25, 0.3) is 0 Å². The van der Waals surface area contributed by atoms with Crippen molar-refractivity contribution in [2.45, 2.75) is 50.2 Å². The van der Waals surface area contributed by atoms with Crippen LogP contribution in [0.3, 0.4) is 0 Å². The Morgan fingerprint density at radius 2 is 1.69 bits per heavy atom. The molecule has 0 radical (unpaired) electrons. The zero-order chi connectivity index (χ0) is 33.2. The van der Waals surface area contributed by atoms with E-state index < -0.39 is 17.7 Å². The van der Waals surface area contributed by atoms with E-state index in [2.05, 4.69) is 41.9 Å². The quantitative estimate of drug-likeness (QED) is 0.280. The number of hydrogen-bond acceptors (Lipinski definition) is 10. The lowest BCUT2D eigenvalue weighted by atomic mass is 10.0. The summed E-state index contributed by atoms with van der Waals surface area (Å²) in [5.41, 5.74) is 2.27. The largest absolute Gasteiger partial charge is 0.494 e. The monoisotopic (exact) mass is 660 g/mol. The number of methoxy groups -OCH3 is 1. The van der Waals surface area contributed by atoms with Gasteiger partial charge in [0.05, 0.1) is 36.8 Å². The highest BCUT2D eigenvalue weighted by Gasteiger charge is 2.35. The molecule has 4 aliphatic rings. The van der Waals surface area contributed by atoms with Gasteiger partial charge in [-0.3, -0.25) is 19.4 Å². The molecule has 48 heavy (non-hydrogen) atoms. The number of halogens is 2. The van der Waals surface area contributed by atoms with E-state index in [9.17, 15) is 13.6 Å². The summed E-state index contributed by atoms with van der Waals surface area (Å²) < 4.78 is 34.6. The molecule has 0 unspecified atom stereocenters. The molecule has 0 bridgehead atoms. The van der Waals surface area contributed by atoms with Crippen molar-refractivity contribution in [2.24, 2.45) is 0 Å². The fourth-order valence-corrected chi connectivity index (χ4v) is 7.19. The van der Waals surface area contributed by atoms with Crippen LogP contribution in [-0.4, -0.2) is 90.7 Å². The number of ether oxygens (including phenoxy) is 1. The maximum absolute atomic E-state index is 14.7. The first-order valence-electron chi connectivity index (χ1n) is 16.8. The van der Waals surface area contributed by atoms with Gasteiger partial charge < -0.3 is 20.3 Å². The topological polar surface area (TPSA) is 98.3 Å². The summed E-state index contributed by atoms with van der Waals surface area (Å²) in [4.78, 5) is 34.7. The summed E-state index contributed by atoms with van der Waals surface area (Å²) in [6, 6.07) is 10.4. The van der Waals surface area contributed by atoms with E-state index in [1.54, 1.807) is 19.2 Å². The number of carbonyl (C=O) groups is 1. The molecule has 1 aliphatic carbocycles. The van der Waals surface area contributed by atoms with Crippen LogP contribution in [0.4, 0.5) is 37.5 Å². The highest BCUT2D eigenvalue weighted by molar-refractivity contribution is 6.02.